The fourth-order valence-corrected chi connectivity index (χ4v) is 3.46. The summed E-state index contributed by atoms with van der Waals surface area (Å²) in [6, 6.07) is 4.82. The average molecular weight is 498 g/mol. The summed E-state index contributed by atoms with van der Waals surface area (Å²) in [5, 5.41) is 31.4. The molecule has 2 atom stereocenters. The molecular formula is C27H47NO7. The molecule has 35 heavy (non-hydrogen) atoms. The highest BCUT2D eigenvalue weighted by atomic mass is 16.5. The Morgan fingerprint density at radius 1 is 1.03 bits per heavy atom. The molecule has 1 saturated heterocycles. The molecule has 8 nitrogen and oxygen atoms in total. The summed E-state index contributed by atoms with van der Waals surface area (Å²) in [4.78, 5) is 11.1. The molecule has 202 valence electrons. The molecule has 0 saturated carbocycles. The van der Waals surface area contributed by atoms with Crippen molar-refractivity contribution in [3.63, 3.8) is 0 Å². The van der Waals surface area contributed by atoms with Crippen LogP contribution >= 0.6 is 0 Å². The predicted molar refractivity (Wildman–Crippen MR) is 138 cm³/mol. The summed E-state index contributed by atoms with van der Waals surface area (Å²) in [5.41, 5.74) is -0.448. The molecule has 0 bridgehead atoms. The minimum Gasteiger partial charge on any atom is -0.506 e. The Morgan fingerprint density at radius 2 is 1.57 bits per heavy atom. The number of carbonyl (C=O) groups excluding carboxylic acids is 1. The summed E-state index contributed by atoms with van der Waals surface area (Å²) in [6.07, 6.45) is -0.461. The first-order valence-corrected chi connectivity index (χ1v) is 12.1. The Labute approximate surface area is 211 Å². The number of phenolic OH excluding ortho intramolecular Hbond substituents is 1. The van der Waals surface area contributed by atoms with Crippen LogP contribution in [0.4, 0.5) is 5.69 Å². The van der Waals surface area contributed by atoms with Crippen molar-refractivity contribution < 1.29 is 34.3 Å². The lowest BCUT2D eigenvalue weighted by Crippen LogP contribution is -2.58. The quantitative estimate of drug-likeness (QED) is 0.247. The van der Waals surface area contributed by atoms with Crippen LogP contribution in [0.1, 0.15) is 75.7 Å². The fraction of sp³-hybridized carbons (Fsp3) is 0.741. The first-order valence-electron chi connectivity index (χ1n) is 12.1. The molecule has 1 aliphatic rings. The van der Waals surface area contributed by atoms with Gasteiger partial charge in [-0.1, -0.05) is 34.6 Å². The van der Waals surface area contributed by atoms with Gasteiger partial charge in [-0.05, 0) is 45.2 Å². The van der Waals surface area contributed by atoms with Gasteiger partial charge in [0.1, 0.15) is 11.5 Å². The lowest BCUT2D eigenvalue weighted by molar-refractivity contribution is -0.135. The van der Waals surface area contributed by atoms with Crippen LogP contribution in [0.5, 0.6) is 11.5 Å². The molecule has 0 spiro atoms. The minimum absolute atomic E-state index is 0.0334. The molecule has 1 aromatic rings. The van der Waals surface area contributed by atoms with Crippen LogP contribution < -0.4 is 10.1 Å². The van der Waals surface area contributed by atoms with Gasteiger partial charge in [0.2, 0.25) is 0 Å². The number of hydrogen-bond donors (Lipinski definition) is 4. The van der Waals surface area contributed by atoms with Crippen LogP contribution in [0.25, 0.3) is 0 Å². The maximum Gasteiger partial charge on any atom is 0.308 e. The number of aliphatic hydroxyl groups is 2. The molecule has 0 aliphatic carbocycles. The zero-order valence-electron chi connectivity index (χ0n) is 23.2. The van der Waals surface area contributed by atoms with Crippen LogP contribution in [0.15, 0.2) is 18.2 Å². The second-order valence-electron chi connectivity index (χ2n) is 12.1. The zero-order chi connectivity index (χ0) is 27.2. The van der Waals surface area contributed by atoms with E-state index in [1.807, 2.05) is 0 Å². The third-order valence-corrected chi connectivity index (χ3v) is 6.78. The van der Waals surface area contributed by atoms with Gasteiger partial charge < -0.3 is 34.8 Å². The molecule has 1 fully saturated rings. The van der Waals surface area contributed by atoms with Crippen LogP contribution in [0, 0.1) is 10.8 Å². The van der Waals surface area contributed by atoms with Gasteiger partial charge in [-0.25, -0.2) is 0 Å². The number of ether oxygens (including phenoxy) is 3. The van der Waals surface area contributed by atoms with Crippen molar-refractivity contribution in [2.75, 3.05) is 25.1 Å². The van der Waals surface area contributed by atoms with E-state index in [0.29, 0.717) is 37.7 Å². The van der Waals surface area contributed by atoms with E-state index in [4.69, 9.17) is 24.4 Å². The van der Waals surface area contributed by atoms with Gasteiger partial charge in [0.05, 0.1) is 43.3 Å². The lowest BCUT2D eigenvalue weighted by atomic mass is 9.64. The number of benzene rings is 1. The highest BCUT2D eigenvalue weighted by Gasteiger charge is 2.49. The highest BCUT2D eigenvalue weighted by Crippen LogP contribution is 2.46. The van der Waals surface area contributed by atoms with Crippen molar-refractivity contribution in [2.45, 2.75) is 99.0 Å². The van der Waals surface area contributed by atoms with E-state index in [1.54, 1.807) is 12.1 Å². The SMILES string of the molecule is CC(=O)Oc1ccc(NC(C)(C)C(C)(C)C(C)(C)OCC(C)(C)C)c(O)c1.OC1COCC(O)C1. The second-order valence-corrected chi connectivity index (χ2v) is 12.1. The molecule has 1 aliphatic heterocycles. The Bertz CT molecular complexity index is 819. The van der Waals surface area contributed by atoms with E-state index in [9.17, 15) is 9.90 Å². The summed E-state index contributed by atoms with van der Waals surface area (Å²) in [7, 11) is 0. The standard InChI is InChI=1S/C22H37NO4.C5H10O3/c1-15(24)27-16-11-12-17(18(25)13-16)23-21(7,8)20(5,6)22(9,10)26-14-19(2,3)4;6-4-1-5(7)3-8-2-4/h11-13,23,25H,14H2,1-10H3;4-7H,1-3H2. The van der Waals surface area contributed by atoms with Gasteiger partial charge in [0.15, 0.2) is 0 Å². The molecule has 4 N–H and O–H groups in total. The van der Waals surface area contributed by atoms with E-state index in [1.165, 1.54) is 13.0 Å². The number of hydrogen-bond acceptors (Lipinski definition) is 8. The largest absolute Gasteiger partial charge is 0.506 e. The highest BCUT2D eigenvalue weighted by molar-refractivity contribution is 5.70. The Kier molecular flexibility index (Phi) is 10.6. The molecule has 8 heteroatoms. The topological polar surface area (TPSA) is 117 Å². The molecule has 0 amide bonds. The normalized spacial score (nSPS) is 19.4. The van der Waals surface area contributed by atoms with E-state index in [-0.39, 0.29) is 16.6 Å². The van der Waals surface area contributed by atoms with Gasteiger partial charge in [0.25, 0.3) is 0 Å². The summed E-state index contributed by atoms with van der Waals surface area (Å²) < 4.78 is 16.1. The molecule has 1 aromatic carbocycles. The molecule has 2 unspecified atom stereocenters. The first kappa shape index (κ1) is 31.2. The number of carbonyl (C=O) groups is 1. The maximum atomic E-state index is 11.1. The van der Waals surface area contributed by atoms with Crippen LogP contribution in [0.2, 0.25) is 0 Å². The van der Waals surface area contributed by atoms with Crippen LogP contribution in [-0.4, -0.2) is 64.5 Å². The first-order chi connectivity index (χ1) is 15.8. The Hall–Kier alpha value is -1.87. The van der Waals surface area contributed by atoms with Crippen molar-refractivity contribution in [1.29, 1.82) is 0 Å². The van der Waals surface area contributed by atoms with Gasteiger partial charge in [-0.2, -0.15) is 0 Å². The molecule has 1 heterocycles. The van der Waals surface area contributed by atoms with Gasteiger partial charge >= 0.3 is 5.97 Å². The number of aliphatic hydroxyl groups excluding tert-OH is 2. The van der Waals surface area contributed by atoms with Gasteiger partial charge in [0, 0.05) is 30.4 Å². The summed E-state index contributed by atoms with van der Waals surface area (Å²) in [6.45, 7) is 21.9. The Morgan fingerprint density at radius 3 is 1.97 bits per heavy atom. The third kappa shape index (κ3) is 9.60. The minimum atomic E-state index is -0.459. The number of esters is 1. The maximum absolute atomic E-state index is 11.1. The molecule has 0 radical (unpaired) electrons. The molecule has 2 rings (SSSR count). The molecular weight excluding hydrogens is 450 g/mol. The Balaban J connectivity index is 0.000000642. The van der Waals surface area contributed by atoms with Gasteiger partial charge in [-0.3, -0.25) is 4.79 Å². The smallest absolute Gasteiger partial charge is 0.308 e. The van der Waals surface area contributed by atoms with Crippen LogP contribution in [0.3, 0.4) is 0 Å². The monoisotopic (exact) mass is 497 g/mol. The van der Waals surface area contributed by atoms with Crippen molar-refractivity contribution in [2.24, 2.45) is 10.8 Å². The van der Waals surface area contributed by atoms with Crippen molar-refractivity contribution in [3.8, 4) is 11.5 Å². The predicted octanol–water partition coefficient (Wildman–Crippen LogP) is 4.50. The van der Waals surface area contributed by atoms with Gasteiger partial charge in [-0.15, -0.1) is 0 Å². The van der Waals surface area contributed by atoms with E-state index >= 15 is 0 Å². The summed E-state index contributed by atoms with van der Waals surface area (Å²) >= 11 is 0. The fourth-order valence-electron chi connectivity index (χ4n) is 3.46. The van der Waals surface area contributed by atoms with E-state index in [2.05, 4.69) is 67.6 Å². The van der Waals surface area contributed by atoms with E-state index < -0.39 is 29.3 Å². The number of phenols is 1. The van der Waals surface area contributed by atoms with Crippen LogP contribution in [-0.2, 0) is 14.3 Å². The number of nitrogens with one attached hydrogen (secondary N) is 1. The van der Waals surface area contributed by atoms with E-state index in [0.717, 1.165) is 0 Å². The number of rotatable bonds is 7. The average Bonchev–Trinajstić information content (AvgIpc) is 2.67. The summed E-state index contributed by atoms with van der Waals surface area (Å²) in [5.74, 6) is -0.0724. The number of anilines is 1. The van der Waals surface area contributed by atoms with Crippen molar-refractivity contribution >= 4 is 11.7 Å². The lowest BCUT2D eigenvalue weighted by Gasteiger charge is -2.52. The zero-order valence-corrected chi connectivity index (χ0v) is 23.2. The molecule has 0 aromatic heterocycles. The third-order valence-electron chi connectivity index (χ3n) is 6.78. The van der Waals surface area contributed by atoms with Crippen molar-refractivity contribution in [3.05, 3.63) is 18.2 Å². The van der Waals surface area contributed by atoms with Crippen molar-refractivity contribution in [1.82, 2.24) is 0 Å². The second kappa shape index (κ2) is 11.9. The number of aromatic hydroxyl groups is 1.